The molecule has 1 aliphatic heterocycles. The smallest absolute Gasteiger partial charge is 0.415 e. The van der Waals surface area contributed by atoms with Crippen LogP contribution in [0.2, 0.25) is 0 Å². The Morgan fingerprint density at radius 3 is 2.69 bits per heavy atom. The maximum atomic E-state index is 5.29. The summed E-state index contributed by atoms with van der Waals surface area (Å²) in [4.78, 5) is 5.29. The Balaban J connectivity index is 0.00000128. The van der Waals surface area contributed by atoms with Crippen molar-refractivity contribution in [1.82, 2.24) is 4.73 Å². The first-order valence-corrected chi connectivity index (χ1v) is 6.19. The normalized spacial score (nSPS) is 11.6. The highest BCUT2D eigenvalue weighted by Gasteiger charge is 2.38. The minimum absolute atomic E-state index is 0. The van der Waals surface area contributed by atoms with Gasteiger partial charge in [0.05, 0.1) is 13.0 Å². The van der Waals surface area contributed by atoms with Crippen LogP contribution in [0.3, 0.4) is 0 Å². The quantitative estimate of drug-likeness (QED) is 0.365. The van der Waals surface area contributed by atoms with Crippen LogP contribution in [0.25, 0.3) is 0 Å². The van der Waals surface area contributed by atoms with E-state index in [0.717, 1.165) is 18.8 Å². The Bertz CT molecular complexity index is 336. The van der Waals surface area contributed by atoms with Crippen LogP contribution in [0.1, 0.15) is 51.8 Å². The fourth-order valence-corrected chi connectivity index (χ4v) is 2.02. The number of aromatic nitrogens is 2. The third-order valence-corrected chi connectivity index (χ3v) is 2.91. The summed E-state index contributed by atoms with van der Waals surface area (Å²) >= 11 is 0. The lowest BCUT2D eigenvalue weighted by Gasteiger charge is -2.00. The van der Waals surface area contributed by atoms with Gasteiger partial charge in [0.1, 0.15) is 0 Å². The molecule has 4 heteroatoms. The molecule has 0 aliphatic carbocycles. The molecule has 0 spiro atoms. The standard InChI is InChI=1S/C12H21N2O.ClH/c1-3-5-6-7-9-13-10-12-14(15-12)11(13)8-4-2;/h10H,3-9H2,1-2H3;1H/q+1;/p-1. The Morgan fingerprint density at radius 2 is 2.00 bits per heavy atom. The first kappa shape index (κ1) is 13.4. The summed E-state index contributed by atoms with van der Waals surface area (Å²) in [6.45, 7) is 5.61. The van der Waals surface area contributed by atoms with Gasteiger partial charge in [-0.15, -0.1) is 0 Å². The number of hydrogen-bond acceptors (Lipinski definition) is 1. The highest BCUT2D eigenvalue weighted by molar-refractivity contribution is 5.14. The topological polar surface area (TPSA) is 21.3 Å². The summed E-state index contributed by atoms with van der Waals surface area (Å²) in [5.41, 5.74) is 0. The van der Waals surface area contributed by atoms with E-state index in [1.165, 1.54) is 37.9 Å². The van der Waals surface area contributed by atoms with Crippen molar-refractivity contribution >= 4 is 0 Å². The molecule has 1 aromatic rings. The van der Waals surface area contributed by atoms with E-state index >= 15 is 0 Å². The maximum absolute atomic E-state index is 5.29. The van der Waals surface area contributed by atoms with Crippen molar-refractivity contribution < 1.29 is 21.8 Å². The summed E-state index contributed by atoms with van der Waals surface area (Å²) < 4.78 is 4.32. The molecule has 0 fully saturated rings. The second kappa shape index (κ2) is 6.14. The van der Waals surface area contributed by atoms with Crippen LogP contribution in [0, 0.1) is 0 Å². The van der Waals surface area contributed by atoms with Gasteiger partial charge in [0.25, 0.3) is 0 Å². The summed E-state index contributed by atoms with van der Waals surface area (Å²) in [5, 5.41) is 0. The van der Waals surface area contributed by atoms with Gasteiger partial charge in [0.15, 0.2) is 6.20 Å². The van der Waals surface area contributed by atoms with Gasteiger partial charge in [-0.25, -0.2) is 9.40 Å². The minimum atomic E-state index is 0. The molecular weight excluding hydrogens is 224 g/mol. The molecule has 16 heavy (non-hydrogen) atoms. The highest BCUT2D eigenvalue weighted by Crippen LogP contribution is 2.25. The van der Waals surface area contributed by atoms with Gasteiger partial charge >= 0.3 is 11.7 Å². The first-order valence-electron chi connectivity index (χ1n) is 6.19. The number of fused-ring (bicyclic) bond motifs is 1. The number of hydrogen-bond donors (Lipinski definition) is 0. The highest BCUT2D eigenvalue weighted by atomic mass is 35.5. The average Bonchev–Trinajstić information content (AvgIpc) is 2.92. The number of rotatable bonds is 7. The minimum Gasteiger partial charge on any atom is -1.00 e. The van der Waals surface area contributed by atoms with E-state index < -0.39 is 0 Å². The van der Waals surface area contributed by atoms with Crippen LogP contribution in [0.5, 0.6) is 5.88 Å². The Hall–Kier alpha value is -0.700. The summed E-state index contributed by atoms with van der Waals surface area (Å²) in [6, 6.07) is 0. The predicted molar refractivity (Wildman–Crippen MR) is 58.8 cm³/mol. The molecule has 0 saturated heterocycles. The lowest BCUT2D eigenvalue weighted by molar-refractivity contribution is -0.706. The Labute approximate surface area is 104 Å². The molecule has 0 unspecified atom stereocenters. The molecule has 0 saturated carbocycles. The van der Waals surface area contributed by atoms with Crippen LogP contribution in [-0.2, 0) is 13.0 Å². The second-order valence-electron chi connectivity index (χ2n) is 4.27. The number of imidazole rings is 1. The summed E-state index contributed by atoms with van der Waals surface area (Å²) in [7, 11) is 0. The molecule has 2 heterocycles. The largest absolute Gasteiger partial charge is 1.00 e. The van der Waals surface area contributed by atoms with E-state index in [0.29, 0.717) is 0 Å². The van der Waals surface area contributed by atoms with Crippen molar-refractivity contribution in [2.45, 2.75) is 58.9 Å². The fourth-order valence-electron chi connectivity index (χ4n) is 2.02. The van der Waals surface area contributed by atoms with Crippen molar-refractivity contribution in [2.24, 2.45) is 0 Å². The van der Waals surface area contributed by atoms with E-state index in [4.69, 9.17) is 4.84 Å². The van der Waals surface area contributed by atoms with Gasteiger partial charge in [0.2, 0.25) is 0 Å². The van der Waals surface area contributed by atoms with Crippen molar-refractivity contribution in [3.63, 3.8) is 0 Å². The monoisotopic (exact) mass is 244 g/mol. The summed E-state index contributed by atoms with van der Waals surface area (Å²) in [6.07, 6.45) is 9.73. The van der Waals surface area contributed by atoms with Gasteiger partial charge < -0.3 is 12.4 Å². The van der Waals surface area contributed by atoms with Crippen molar-refractivity contribution in [3.8, 4) is 5.88 Å². The molecule has 0 amide bonds. The molecule has 0 bridgehead atoms. The van der Waals surface area contributed by atoms with Gasteiger partial charge in [-0.05, 0) is 19.3 Å². The number of aryl methyl sites for hydroxylation is 1. The zero-order chi connectivity index (χ0) is 10.7. The van der Waals surface area contributed by atoms with E-state index in [9.17, 15) is 0 Å². The van der Waals surface area contributed by atoms with E-state index in [-0.39, 0.29) is 12.4 Å². The van der Waals surface area contributed by atoms with Crippen LogP contribution >= 0.6 is 0 Å². The fraction of sp³-hybridized carbons (Fsp3) is 0.750. The molecule has 92 valence electrons. The van der Waals surface area contributed by atoms with Gasteiger partial charge in [-0.3, -0.25) is 0 Å². The third-order valence-electron chi connectivity index (χ3n) is 2.91. The van der Waals surface area contributed by atoms with Gasteiger partial charge in [0, 0.05) is 4.73 Å². The molecular formula is C12H21ClN2O. The van der Waals surface area contributed by atoms with Crippen LogP contribution < -0.4 is 21.8 Å². The Morgan fingerprint density at radius 1 is 1.19 bits per heavy atom. The summed E-state index contributed by atoms with van der Waals surface area (Å²) in [5.74, 6) is 2.37. The Kier molecular flexibility index (Phi) is 5.13. The third kappa shape index (κ3) is 2.91. The predicted octanol–water partition coefficient (Wildman–Crippen LogP) is -0.532. The van der Waals surface area contributed by atoms with Gasteiger partial charge in [-0.1, -0.05) is 26.7 Å². The van der Waals surface area contributed by atoms with Gasteiger partial charge in [-0.2, -0.15) is 0 Å². The zero-order valence-electron chi connectivity index (χ0n) is 10.2. The van der Waals surface area contributed by atoms with E-state index in [2.05, 4.69) is 24.6 Å². The molecule has 2 rings (SSSR count). The lowest BCUT2D eigenvalue weighted by atomic mass is 10.2. The molecule has 0 aromatic carbocycles. The number of unbranched alkanes of at least 4 members (excludes halogenated alkanes) is 3. The maximum Gasteiger partial charge on any atom is 0.415 e. The SMILES string of the molecule is CCCCCC[n+]1cc2n(c1CCC)O2.[Cl-]. The number of halogens is 1. The van der Waals surface area contributed by atoms with Crippen molar-refractivity contribution in [3.05, 3.63) is 12.0 Å². The molecule has 0 N–H and O–H groups in total. The zero-order valence-corrected chi connectivity index (χ0v) is 11.0. The molecule has 3 nitrogen and oxygen atoms in total. The average molecular weight is 245 g/mol. The first-order chi connectivity index (χ1) is 7.36. The lowest BCUT2D eigenvalue weighted by Crippen LogP contribution is -3.00. The molecule has 0 radical (unpaired) electrons. The van der Waals surface area contributed by atoms with Crippen LogP contribution in [-0.4, -0.2) is 4.73 Å². The van der Waals surface area contributed by atoms with Crippen molar-refractivity contribution in [2.75, 3.05) is 0 Å². The molecule has 1 aliphatic rings. The number of nitrogens with zero attached hydrogens (tertiary/aromatic N) is 2. The van der Waals surface area contributed by atoms with E-state index in [1.54, 1.807) is 0 Å². The van der Waals surface area contributed by atoms with Crippen molar-refractivity contribution in [1.29, 1.82) is 0 Å². The van der Waals surface area contributed by atoms with Crippen LogP contribution in [0.15, 0.2) is 6.20 Å². The second-order valence-corrected chi connectivity index (χ2v) is 4.27. The molecule has 1 aromatic heterocycles. The van der Waals surface area contributed by atoms with E-state index in [1.807, 2.05) is 4.73 Å². The van der Waals surface area contributed by atoms with Crippen LogP contribution in [0.4, 0.5) is 0 Å². The molecule has 0 atom stereocenters.